The highest BCUT2D eigenvalue weighted by atomic mass is 79.9. The number of carbonyl (C=O) groups excluding carboxylic acids is 1. The summed E-state index contributed by atoms with van der Waals surface area (Å²) in [6.45, 7) is 2.00. The number of hydrogen-bond acceptors (Lipinski definition) is 4. The van der Waals surface area contributed by atoms with Crippen LogP contribution >= 0.6 is 15.9 Å². The average molecular weight is 477 g/mol. The summed E-state index contributed by atoms with van der Waals surface area (Å²) in [7, 11) is 3.19. The zero-order valence-electron chi connectivity index (χ0n) is 17.4. The Bertz CT molecular complexity index is 1200. The molecule has 0 atom stereocenters. The molecule has 5 nitrogen and oxygen atoms in total. The molecule has 3 aromatic carbocycles. The van der Waals surface area contributed by atoms with Crippen molar-refractivity contribution in [1.29, 1.82) is 0 Å². The second-order valence-corrected chi connectivity index (χ2v) is 7.98. The van der Waals surface area contributed by atoms with Gasteiger partial charge in [-0.2, -0.15) is 0 Å². The van der Waals surface area contributed by atoms with E-state index >= 15 is 0 Å². The van der Waals surface area contributed by atoms with Gasteiger partial charge in [0.05, 0.1) is 19.9 Å². The van der Waals surface area contributed by atoms with E-state index in [0.717, 1.165) is 26.9 Å². The highest BCUT2D eigenvalue weighted by Gasteiger charge is 2.32. The molecule has 3 aromatic rings. The van der Waals surface area contributed by atoms with Gasteiger partial charge in [-0.1, -0.05) is 40.2 Å². The maximum Gasteiger partial charge on any atom is 0.282 e. The molecule has 31 heavy (non-hydrogen) atoms. The van der Waals surface area contributed by atoms with E-state index < -0.39 is 0 Å². The van der Waals surface area contributed by atoms with Crippen molar-refractivity contribution in [3.8, 4) is 11.5 Å². The van der Waals surface area contributed by atoms with Crippen molar-refractivity contribution < 1.29 is 14.3 Å². The smallest absolute Gasteiger partial charge is 0.282 e. The average Bonchev–Trinajstić information content (AvgIpc) is 3.10. The Hall–Kier alpha value is -3.38. The summed E-state index contributed by atoms with van der Waals surface area (Å²) in [5.41, 5.74) is 3.77. The largest absolute Gasteiger partial charge is 0.497 e. The number of ether oxygens (including phenoxy) is 2. The lowest BCUT2D eigenvalue weighted by Crippen LogP contribution is -2.32. The number of hydrogen-bond donors (Lipinski definition) is 0. The van der Waals surface area contributed by atoms with E-state index in [4.69, 9.17) is 14.5 Å². The zero-order valence-corrected chi connectivity index (χ0v) is 19.0. The van der Waals surface area contributed by atoms with E-state index in [-0.39, 0.29) is 5.91 Å². The van der Waals surface area contributed by atoms with Gasteiger partial charge in [0, 0.05) is 21.7 Å². The maximum absolute atomic E-state index is 13.5. The molecular weight excluding hydrogens is 456 g/mol. The van der Waals surface area contributed by atoms with Gasteiger partial charge in [0.15, 0.2) is 0 Å². The molecule has 0 unspecified atom stereocenters. The summed E-state index contributed by atoms with van der Waals surface area (Å²) in [6.07, 6.45) is 1.75. The third kappa shape index (κ3) is 4.25. The van der Waals surface area contributed by atoms with Gasteiger partial charge in [0.1, 0.15) is 23.0 Å². The molecule has 156 valence electrons. The number of nitrogens with zero attached hydrogens (tertiary/aromatic N) is 2. The Morgan fingerprint density at radius 2 is 1.74 bits per heavy atom. The van der Waals surface area contributed by atoms with Crippen LogP contribution in [0.4, 0.5) is 5.69 Å². The molecule has 0 aromatic heterocycles. The van der Waals surface area contributed by atoms with E-state index in [9.17, 15) is 4.79 Å². The molecule has 0 fully saturated rings. The van der Waals surface area contributed by atoms with Crippen LogP contribution in [0.15, 0.2) is 81.9 Å². The van der Waals surface area contributed by atoms with Crippen molar-refractivity contribution in [2.45, 2.75) is 6.92 Å². The van der Waals surface area contributed by atoms with Gasteiger partial charge in [-0.15, -0.1) is 0 Å². The fourth-order valence-corrected chi connectivity index (χ4v) is 3.67. The van der Waals surface area contributed by atoms with E-state index in [1.54, 1.807) is 31.3 Å². The van der Waals surface area contributed by atoms with Crippen molar-refractivity contribution in [3.05, 3.63) is 93.6 Å². The lowest BCUT2D eigenvalue weighted by atomic mass is 10.1. The molecule has 6 heteroatoms. The Morgan fingerprint density at radius 1 is 0.968 bits per heavy atom. The third-order valence-corrected chi connectivity index (χ3v) is 5.48. The van der Waals surface area contributed by atoms with Gasteiger partial charge in [-0.05, 0) is 55.0 Å². The third-order valence-electron chi connectivity index (χ3n) is 4.96. The first-order valence-corrected chi connectivity index (χ1v) is 10.5. The molecule has 4 rings (SSSR count). The van der Waals surface area contributed by atoms with E-state index in [0.29, 0.717) is 23.0 Å². The number of amides is 1. The van der Waals surface area contributed by atoms with Crippen molar-refractivity contribution in [1.82, 2.24) is 0 Å². The lowest BCUT2D eigenvalue weighted by molar-refractivity contribution is -0.113. The summed E-state index contributed by atoms with van der Waals surface area (Å²) in [5.74, 6) is 1.68. The number of anilines is 1. The van der Waals surface area contributed by atoms with Crippen LogP contribution in [0.3, 0.4) is 0 Å². The van der Waals surface area contributed by atoms with E-state index in [2.05, 4.69) is 15.9 Å². The summed E-state index contributed by atoms with van der Waals surface area (Å²) >= 11 is 3.46. The van der Waals surface area contributed by atoms with Crippen LogP contribution in [-0.2, 0) is 4.79 Å². The van der Waals surface area contributed by atoms with Gasteiger partial charge in [-0.3, -0.25) is 9.69 Å². The number of benzene rings is 3. The van der Waals surface area contributed by atoms with Crippen molar-refractivity contribution in [2.75, 3.05) is 19.1 Å². The second kappa shape index (κ2) is 8.78. The summed E-state index contributed by atoms with van der Waals surface area (Å²) in [5, 5.41) is 0. The molecule has 1 aliphatic heterocycles. The van der Waals surface area contributed by atoms with Crippen LogP contribution in [0.2, 0.25) is 0 Å². The number of methoxy groups -OCH3 is 2. The van der Waals surface area contributed by atoms with Crippen LogP contribution in [0.25, 0.3) is 6.08 Å². The van der Waals surface area contributed by atoms with Crippen LogP contribution in [0.5, 0.6) is 11.5 Å². The van der Waals surface area contributed by atoms with E-state index in [1.165, 1.54) is 0 Å². The number of aliphatic imine (C=N–C) groups is 1. The zero-order chi connectivity index (χ0) is 22.0. The van der Waals surface area contributed by atoms with Crippen molar-refractivity contribution in [3.63, 3.8) is 0 Å². The molecule has 1 aliphatic rings. The number of aryl methyl sites for hydroxylation is 1. The van der Waals surface area contributed by atoms with Crippen LogP contribution in [-0.4, -0.2) is 26.0 Å². The number of carbonyl (C=O) groups is 1. The van der Waals surface area contributed by atoms with Gasteiger partial charge in [-0.25, -0.2) is 4.99 Å². The maximum atomic E-state index is 13.5. The molecule has 1 amide bonds. The highest BCUT2D eigenvalue weighted by Crippen LogP contribution is 2.32. The SMILES string of the molecule is COc1ccc(/C=C2/N=C(c3ccc(Br)cc3)N(c3cccc(C)c3)C2=O)c(OC)c1. The summed E-state index contributed by atoms with van der Waals surface area (Å²) < 4.78 is 11.7. The molecule has 0 radical (unpaired) electrons. The first kappa shape index (κ1) is 20.9. The molecule has 0 saturated carbocycles. The normalized spacial score (nSPS) is 14.7. The molecular formula is C25H21BrN2O3. The Balaban J connectivity index is 1.83. The van der Waals surface area contributed by atoms with Gasteiger partial charge in [0.2, 0.25) is 0 Å². The Kier molecular flexibility index (Phi) is 5.91. The number of amidine groups is 1. The minimum Gasteiger partial charge on any atom is -0.497 e. The standard InChI is InChI=1S/C25H21BrN2O3/c1-16-5-4-6-20(13-16)28-24(17-7-10-19(26)11-8-17)27-22(25(28)29)14-18-9-12-21(30-2)15-23(18)31-3/h4-15H,1-3H3/b22-14+. The van der Waals surface area contributed by atoms with Gasteiger partial charge in [0.25, 0.3) is 5.91 Å². The molecule has 0 spiro atoms. The highest BCUT2D eigenvalue weighted by molar-refractivity contribution is 9.10. The van der Waals surface area contributed by atoms with Crippen LogP contribution < -0.4 is 14.4 Å². The minimum atomic E-state index is -0.193. The predicted molar refractivity (Wildman–Crippen MR) is 127 cm³/mol. The Labute approximate surface area is 189 Å². The summed E-state index contributed by atoms with van der Waals surface area (Å²) in [4.78, 5) is 19.8. The predicted octanol–water partition coefficient (Wildman–Crippen LogP) is 5.61. The second-order valence-electron chi connectivity index (χ2n) is 7.06. The monoisotopic (exact) mass is 476 g/mol. The molecule has 0 N–H and O–H groups in total. The first-order valence-electron chi connectivity index (χ1n) is 9.69. The molecule has 0 aliphatic carbocycles. The van der Waals surface area contributed by atoms with E-state index in [1.807, 2.05) is 67.6 Å². The first-order chi connectivity index (χ1) is 15.0. The summed E-state index contributed by atoms with van der Waals surface area (Å²) in [6, 6.07) is 21.0. The fourth-order valence-electron chi connectivity index (χ4n) is 3.40. The number of rotatable bonds is 5. The topological polar surface area (TPSA) is 51.1 Å². The van der Waals surface area contributed by atoms with Crippen molar-refractivity contribution in [2.24, 2.45) is 4.99 Å². The van der Waals surface area contributed by atoms with Gasteiger partial charge < -0.3 is 9.47 Å². The Morgan fingerprint density at radius 3 is 2.42 bits per heavy atom. The molecule has 1 heterocycles. The fraction of sp³-hybridized carbons (Fsp3) is 0.120. The lowest BCUT2D eigenvalue weighted by Gasteiger charge is -2.19. The van der Waals surface area contributed by atoms with Crippen molar-refractivity contribution >= 4 is 39.4 Å². The quantitative estimate of drug-likeness (QED) is 0.449. The van der Waals surface area contributed by atoms with Crippen LogP contribution in [0, 0.1) is 6.92 Å². The van der Waals surface area contributed by atoms with Crippen LogP contribution in [0.1, 0.15) is 16.7 Å². The molecule has 0 saturated heterocycles. The minimum absolute atomic E-state index is 0.193. The number of halogens is 1. The molecule has 0 bridgehead atoms. The van der Waals surface area contributed by atoms with Gasteiger partial charge >= 0.3 is 0 Å².